The molecule has 0 aromatic carbocycles. The lowest BCUT2D eigenvalue weighted by atomic mass is 10.1. The molecule has 0 aromatic heterocycles. The molecule has 0 rings (SSSR count). The third-order valence-electron chi connectivity index (χ3n) is 2.23. The van der Waals surface area contributed by atoms with Crippen molar-refractivity contribution in [3.63, 3.8) is 0 Å². The van der Waals surface area contributed by atoms with Gasteiger partial charge in [0.2, 0.25) is 5.91 Å². The van der Waals surface area contributed by atoms with Crippen LogP contribution in [0.4, 0.5) is 4.79 Å². The van der Waals surface area contributed by atoms with Gasteiger partial charge >= 0.3 is 0 Å². The number of thiol groups is 1. The first kappa shape index (κ1) is 15.9. The average Bonchev–Trinajstić information content (AvgIpc) is 2.24. The van der Waals surface area contributed by atoms with Gasteiger partial charge in [-0.25, -0.2) is 0 Å². The van der Waals surface area contributed by atoms with Gasteiger partial charge in [0, 0.05) is 26.6 Å². The molecule has 98 valence electrons. The Morgan fingerprint density at radius 3 is 2.29 bits per heavy atom. The molecule has 0 spiro atoms. The minimum atomic E-state index is -0.797. The van der Waals surface area contributed by atoms with Crippen LogP contribution in [-0.4, -0.2) is 55.1 Å². The standard InChI is InChI=1S/C10H19N3O3S/c1-7(14)6-8(13(3)10(16)17)9(15)12-5-4-11-2/h8,11H,4-6H2,1-3H3,(H,12,15)(H,16,17). The number of hydrogen-bond donors (Lipinski definition) is 3. The van der Waals surface area contributed by atoms with E-state index < -0.39 is 11.3 Å². The van der Waals surface area contributed by atoms with Crippen LogP contribution in [0.5, 0.6) is 0 Å². The molecule has 0 saturated carbocycles. The van der Waals surface area contributed by atoms with Crippen LogP contribution in [0.3, 0.4) is 0 Å². The Balaban J connectivity index is 4.50. The number of rotatable bonds is 7. The van der Waals surface area contributed by atoms with Crippen LogP contribution in [0, 0.1) is 0 Å². The zero-order chi connectivity index (χ0) is 13.4. The average molecular weight is 261 g/mol. The lowest BCUT2D eigenvalue weighted by Crippen LogP contribution is -2.48. The molecule has 0 heterocycles. The van der Waals surface area contributed by atoms with E-state index >= 15 is 0 Å². The monoisotopic (exact) mass is 261 g/mol. The summed E-state index contributed by atoms with van der Waals surface area (Å²) in [5.74, 6) is -0.499. The molecule has 1 unspecified atom stereocenters. The second-order valence-electron chi connectivity index (χ2n) is 3.71. The van der Waals surface area contributed by atoms with Crippen LogP contribution in [0.15, 0.2) is 0 Å². The first-order chi connectivity index (χ1) is 7.90. The summed E-state index contributed by atoms with van der Waals surface area (Å²) in [6.45, 7) is 2.44. The molecule has 1 atom stereocenters. The number of amides is 2. The first-order valence-electron chi connectivity index (χ1n) is 5.27. The van der Waals surface area contributed by atoms with Gasteiger partial charge in [-0.2, -0.15) is 0 Å². The van der Waals surface area contributed by atoms with Gasteiger partial charge in [-0.3, -0.25) is 14.4 Å². The summed E-state index contributed by atoms with van der Waals surface area (Å²) < 4.78 is 0. The van der Waals surface area contributed by atoms with Crippen LogP contribution in [-0.2, 0) is 9.59 Å². The summed E-state index contributed by atoms with van der Waals surface area (Å²) >= 11 is 3.64. The summed E-state index contributed by atoms with van der Waals surface area (Å²) in [6.07, 6.45) is -0.00577. The summed E-state index contributed by atoms with van der Waals surface area (Å²) in [7, 11) is 3.21. The Kier molecular flexibility index (Phi) is 7.56. The predicted molar refractivity (Wildman–Crippen MR) is 68.2 cm³/mol. The molecule has 2 N–H and O–H groups in total. The van der Waals surface area contributed by atoms with Crippen molar-refractivity contribution in [2.24, 2.45) is 0 Å². The van der Waals surface area contributed by atoms with Crippen molar-refractivity contribution in [1.29, 1.82) is 0 Å². The van der Waals surface area contributed by atoms with E-state index in [2.05, 4.69) is 23.3 Å². The summed E-state index contributed by atoms with van der Waals surface area (Å²) in [4.78, 5) is 35.1. The van der Waals surface area contributed by atoms with Gasteiger partial charge in [-0.1, -0.05) is 12.6 Å². The number of ketones is 1. The molecule has 0 radical (unpaired) electrons. The fraction of sp³-hybridized carbons (Fsp3) is 0.700. The highest BCUT2D eigenvalue weighted by molar-refractivity contribution is 7.96. The maximum absolute atomic E-state index is 11.8. The van der Waals surface area contributed by atoms with E-state index in [1.54, 1.807) is 7.05 Å². The third-order valence-corrected chi connectivity index (χ3v) is 2.54. The zero-order valence-corrected chi connectivity index (χ0v) is 11.2. The van der Waals surface area contributed by atoms with Crippen LogP contribution < -0.4 is 10.6 Å². The second-order valence-corrected chi connectivity index (χ2v) is 4.09. The molecule has 0 aliphatic heterocycles. The molecule has 0 saturated heterocycles. The summed E-state index contributed by atoms with van der Waals surface area (Å²) in [5, 5.41) is 4.98. The summed E-state index contributed by atoms with van der Waals surface area (Å²) in [6, 6.07) is -0.797. The maximum atomic E-state index is 11.8. The van der Waals surface area contributed by atoms with Crippen LogP contribution in [0.2, 0.25) is 0 Å². The lowest BCUT2D eigenvalue weighted by Gasteiger charge is -2.24. The molecule has 7 heteroatoms. The Morgan fingerprint density at radius 2 is 1.88 bits per heavy atom. The molecule has 0 bridgehead atoms. The molecule has 0 aromatic rings. The van der Waals surface area contributed by atoms with Crippen molar-refractivity contribution >= 4 is 29.6 Å². The second kappa shape index (κ2) is 8.08. The van der Waals surface area contributed by atoms with E-state index in [0.717, 1.165) is 4.90 Å². The van der Waals surface area contributed by atoms with Gasteiger partial charge in [0.25, 0.3) is 5.24 Å². The number of carbonyl (C=O) groups excluding carboxylic acids is 3. The predicted octanol–water partition coefficient (Wildman–Crippen LogP) is -0.349. The molecule has 0 fully saturated rings. The number of nitrogens with zero attached hydrogens (tertiary/aromatic N) is 1. The van der Waals surface area contributed by atoms with Gasteiger partial charge < -0.3 is 15.5 Å². The normalized spacial score (nSPS) is 11.8. The summed E-state index contributed by atoms with van der Waals surface area (Å²) in [5.41, 5.74) is 0. The van der Waals surface area contributed by atoms with Crippen molar-refractivity contribution in [1.82, 2.24) is 15.5 Å². The van der Waals surface area contributed by atoms with E-state index in [9.17, 15) is 14.4 Å². The van der Waals surface area contributed by atoms with Gasteiger partial charge in [-0.15, -0.1) is 0 Å². The molecule has 0 aliphatic carbocycles. The van der Waals surface area contributed by atoms with Gasteiger partial charge in [0.1, 0.15) is 11.8 Å². The fourth-order valence-corrected chi connectivity index (χ4v) is 1.38. The molecular weight excluding hydrogens is 242 g/mol. The number of carbonyl (C=O) groups is 3. The molecule has 6 nitrogen and oxygen atoms in total. The number of Topliss-reactive ketones (excluding diaryl/α,β-unsaturated/α-hetero) is 1. The molecule has 17 heavy (non-hydrogen) atoms. The Labute approximate surface area is 107 Å². The Bertz CT molecular complexity index is 297. The van der Waals surface area contributed by atoms with Gasteiger partial charge in [0.05, 0.1) is 0 Å². The zero-order valence-electron chi connectivity index (χ0n) is 10.3. The van der Waals surface area contributed by atoms with E-state index in [1.807, 2.05) is 0 Å². The van der Waals surface area contributed by atoms with Crippen molar-refractivity contribution in [3.8, 4) is 0 Å². The largest absolute Gasteiger partial charge is 0.353 e. The van der Waals surface area contributed by atoms with E-state index in [1.165, 1.54) is 14.0 Å². The quantitative estimate of drug-likeness (QED) is 0.432. The Hall–Kier alpha value is -1.08. The fourth-order valence-electron chi connectivity index (χ4n) is 1.24. The van der Waals surface area contributed by atoms with Crippen molar-refractivity contribution in [2.75, 3.05) is 27.2 Å². The van der Waals surface area contributed by atoms with Crippen LogP contribution in [0.1, 0.15) is 13.3 Å². The van der Waals surface area contributed by atoms with E-state index in [0.29, 0.717) is 13.1 Å². The minimum Gasteiger partial charge on any atom is -0.353 e. The Morgan fingerprint density at radius 1 is 1.29 bits per heavy atom. The van der Waals surface area contributed by atoms with Crippen molar-refractivity contribution < 1.29 is 14.4 Å². The maximum Gasteiger partial charge on any atom is 0.278 e. The number of likely N-dealkylation sites (N-methyl/N-ethyl adjacent to an activating group) is 2. The van der Waals surface area contributed by atoms with Crippen molar-refractivity contribution in [3.05, 3.63) is 0 Å². The molecular formula is C10H19N3O3S. The highest BCUT2D eigenvalue weighted by atomic mass is 32.1. The third kappa shape index (κ3) is 6.28. The van der Waals surface area contributed by atoms with Gasteiger partial charge in [0.15, 0.2) is 0 Å². The highest BCUT2D eigenvalue weighted by Crippen LogP contribution is 2.06. The lowest BCUT2D eigenvalue weighted by molar-refractivity contribution is -0.128. The van der Waals surface area contributed by atoms with E-state index in [-0.39, 0.29) is 18.1 Å². The van der Waals surface area contributed by atoms with Gasteiger partial charge in [-0.05, 0) is 14.0 Å². The topological polar surface area (TPSA) is 78.5 Å². The highest BCUT2D eigenvalue weighted by Gasteiger charge is 2.26. The van der Waals surface area contributed by atoms with Crippen molar-refractivity contribution in [2.45, 2.75) is 19.4 Å². The molecule has 0 aliphatic rings. The molecule has 2 amide bonds. The minimum absolute atomic E-state index is 0.00577. The smallest absolute Gasteiger partial charge is 0.278 e. The van der Waals surface area contributed by atoms with Crippen LogP contribution >= 0.6 is 12.6 Å². The van der Waals surface area contributed by atoms with Crippen LogP contribution in [0.25, 0.3) is 0 Å². The van der Waals surface area contributed by atoms with E-state index in [4.69, 9.17) is 0 Å². The first-order valence-corrected chi connectivity index (χ1v) is 5.72. The SMILES string of the molecule is CNCCNC(=O)C(CC(C)=O)N(C)C(=O)S. The number of hydrogen-bond acceptors (Lipinski definition) is 4. The number of nitrogens with one attached hydrogen (secondary N) is 2.